The molecular weight excluding hydrogens is 280 g/mol. The Kier molecular flexibility index (Phi) is 4.87. The third-order valence-corrected chi connectivity index (χ3v) is 5.26. The second-order valence-electron chi connectivity index (χ2n) is 7.08. The van der Waals surface area contributed by atoms with Crippen LogP contribution in [-0.2, 0) is 19.3 Å². The lowest BCUT2D eigenvalue weighted by Gasteiger charge is -2.32. The predicted molar refractivity (Wildman–Crippen MR) is 97.9 cm³/mol. The zero-order chi connectivity index (χ0) is 16.4. The van der Waals surface area contributed by atoms with Crippen molar-refractivity contribution < 1.29 is 5.11 Å². The summed E-state index contributed by atoms with van der Waals surface area (Å²) in [6.45, 7) is 6.74. The molecule has 2 atom stereocenters. The van der Waals surface area contributed by atoms with E-state index in [2.05, 4.69) is 50.2 Å². The van der Waals surface area contributed by atoms with Crippen molar-refractivity contribution in [2.75, 3.05) is 6.61 Å². The van der Waals surface area contributed by atoms with Crippen molar-refractivity contribution in [2.45, 2.75) is 52.4 Å². The van der Waals surface area contributed by atoms with Gasteiger partial charge in [-0.2, -0.15) is 0 Å². The van der Waals surface area contributed by atoms with E-state index in [1.165, 1.54) is 42.4 Å². The van der Waals surface area contributed by atoms with E-state index in [9.17, 15) is 0 Å². The molecule has 4 rings (SSSR count). The fraction of sp³-hybridized carbons (Fsp3) is 0.455. The van der Waals surface area contributed by atoms with E-state index in [0.717, 1.165) is 11.8 Å². The van der Waals surface area contributed by atoms with Gasteiger partial charge in [0.15, 0.2) is 0 Å². The van der Waals surface area contributed by atoms with Gasteiger partial charge in [0.05, 0.1) is 0 Å². The molecule has 0 aromatic heterocycles. The van der Waals surface area contributed by atoms with Gasteiger partial charge in [-0.25, -0.2) is 0 Å². The van der Waals surface area contributed by atoms with Gasteiger partial charge in [-0.05, 0) is 77.8 Å². The van der Waals surface area contributed by atoms with Crippen molar-refractivity contribution in [3.8, 4) is 11.1 Å². The van der Waals surface area contributed by atoms with Crippen molar-refractivity contribution in [1.29, 1.82) is 0 Å². The topological polar surface area (TPSA) is 20.2 Å². The van der Waals surface area contributed by atoms with Gasteiger partial charge in [0, 0.05) is 6.61 Å². The molecule has 2 aliphatic carbocycles. The number of aryl methyl sites for hydroxylation is 1. The zero-order valence-electron chi connectivity index (χ0n) is 14.6. The number of hydrogen-bond acceptors (Lipinski definition) is 1. The first-order chi connectivity index (χ1) is 11.2. The van der Waals surface area contributed by atoms with Crippen LogP contribution in [-0.4, -0.2) is 11.7 Å². The van der Waals surface area contributed by atoms with Gasteiger partial charge < -0.3 is 5.11 Å². The summed E-state index contributed by atoms with van der Waals surface area (Å²) in [6, 6.07) is 13.7. The van der Waals surface area contributed by atoms with Crippen LogP contribution in [0.3, 0.4) is 0 Å². The van der Waals surface area contributed by atoms with Crippen molar-refractivity contribution >= 4 is 0 Å². The first-order valence-electron chi connectivity index (χ1n) is 8.99. The molecule has 0 aliphatic heterocycles. The summed E-state index contributed by atoms with van der Waals surface area (Å²) < 4.78 is 0. The van der Waals surface area contributed by atoms with Gasteiger partial charge in [-0.1, -0.05) is 50.2 Å². The van der Waals surface area contributed by atoms with Crippen molar-refractivity contribution in [2.24, 2.45) is 5.92 Å². The third kappa shape index (κ3) is 3.07. The zero-order valence-corrected chi connectivity index (χ0v) is 14.6. The lowest BCUT2D eigenvalue weighted by atomic mass is 9.72. The van der Waals surface area contributed by atoms with Gasteiger partial charge >= 0.3 is 0 Å². The number of aliphatic hydroxyl groups excluding tert-OH is 1. The Morgan fingerprint density at radius 3 is 2.48 bits per heavy atom. The average molecular weight is 308 g/mol. The van der Waals surface area contributed by atoms with E-state index >= 15 is 0 Å². The largest absolute Gasteiger partial charge is 0.397 e. The van der Waals surface area contributed by atoms with Crippen LogP contribution < -0.4 is 0 Å². The lowest BCUT2D eigenvalue weighted by molar-refractivity contribution is 0.318. The van der Waals surface area contributed by atoms with Crippen LogP contribution in [0, 0.1) is 5.92 Å². The molecular formula is C22H28O. The lowest BCUT2D eigenvalue weighted by Crippen LogP contribution is -2.19. The second kappa shape index (κ2) is 6.88. The quantitative estimate of drug-likeness (QED) is 0.714. The number of benzene rings is 2. The minimum Gasteiger partial charge on any atom is -0.397 e. The Balaban J connectivity index is 0.000000485. The summed E-state index contributed by atoms with van der Waals surface area (Å²) >= 11 is 0. The van der Waals surface area contributed by atoms with Gasteiger partial charge in [-0.3, -0.25) is 0 Å². The second-order valence-corrected chi connectivity index (χ2v) is 7.08. The van der Waals surface area contributed by atoms with E-state index in [-0.39, 0.29) is 6.61 Å². The molecule has 2 aliphatic rings. The van der Waals surface area contributed by atoms with Crippen molar-refractivity contribution in [1.82, 2.24) is 0 Å². The molecule has 0 fully saturated rings. The Bertz CT molecular complexity index is 686. The first kappa shape index (κ1) is 16.3. The highest BCUT2D eigenvalue weighted by molar-refractivity contribution is 5.75. The Labute approximate surface area is 140 Å². The predicted octanol–water partition coefficient (Wildman–Crippen LogP) is 5.14. The average Bonchev–Trinajstić information content (AvgIpc) is 2.55. The molecule has 23 heavy (non-hydrogen) atoms. The molecule has 2 aromatic carbocycles. The van der Waals surface area contributed by atoms with Crippen molar-refractivity contribution in [3.63, 3.8) is 0 Å². The number of aliphatic hydroxyl groups is 1. The van der Waals surface area contributed by atoms with Crippen LogP contribution in [0.2, 0.25) is 0 Å². The van der Waals surface area contributed by atoms with Gasteiger partial charge in [-0.15, -0.1) is 0 Å². The Morgan fingerprint density at radius 1 is 0.957 bits per heavy atom. The smallest absolute Gasteiger partial charge is 0.0402 e. The maximum atomic E-state index is 7.57. The third-order valence-electron chi connectivity index (χ3n) is 5.26. The number of rotatable bonds is 0. The van der Waals surface area contributed by atoms with Gasteiger partial charge in [0.1, 0.15) is 0 Å². The summed E-state index contributed by atoms with van der Waals surface area (Å²) in [5, 5.41) is 7.57. The summed E-state index contributed by atoms with van der Waals surface area (Å²) in [5.41, 5.74) is 9.47. The summed E-state index contributed by atoms with van der Waals surface area (Å²) in [6.07, 6.45) is 5.07. The van der Waals surface area contributed by atoms with Crippen LogP contribution >= 0.6 is 0 Å². The van der Waals surface area contributed by atoms with E-state index in [1.807, 2.05) is 0 Å². The van der Waals surface area contributed by atoms with Gasteiger partial charge in [0.25, 0.3) is 0 Å². The summed E-state index contributed by atoms with van der Waals surface area (Å²) in [5.74, 6) is 1.57. The Morgan fingerprint density at radius 2 is 1.70 bits per heavy atom. The molecule has 0 spiro atoms. The Hall–Kier alpha value is -1.60. The van der Waals surface area contributed by atoms with E-state index in [4.69, 9.17) is 5.11 Å². The minimum atomic E-state index is 0.250. The highest BCUT2D eigenvalue weighted by Crippen LogP contribution is 2.42. The maximum Gasteiger partial charge on any atom is 0.0402 e. The van der Waals surface area contributed by atoms with E-state index < -0.39 is 0 Å². The fourth-order valence-corrected chi connectivity index (χ4v) is 4.37. The molecule has 0 saturated carbocycles. The molecule has 1 heteroatoms. The molecule has 2 aromatic rings. The molecule has 0 radical (unpaired) electrons. The molecule has 1 nitrogen and oxygen atoms in total. The first-order valence-corrected chi connectivity index (χ1v) is 8.99. The highest BCUT2D eigenvalue weighted by Gasteiger charge is 2.27. The van der Waals surface area contributed by atoms with Crippen LogP contribution in [0.15, 0.2) is 36.4 Å². The number of hydrogen-bond donors (Lipinski definition) is 1. The fourth-order valence-electron chi connectivity index (χ4n) is 4.37. The highest BCUT2D eigenvalue weighted by atomic mass is 16.2. The normalized spacial score (nSPS) is 21.4. The molecule has 0 heterocycles. The molecule has 0 amide bonds. The van der Waals surface area contributed by atoms with Crippen molar-refractivity contribution in [3.05, 3.63) is 58.7 Å². The summed E-state index contributed by atoms with van der Waals surface area (Å²) in [4.78, 5) is 0. The van der Waals surface area contributed by atoms with Crippen LogP contribution in [0.4, 0.5) is 0 Å². The molecule has 1 N–H and O–H groups in total. The number of fused-ring (bicyclic) bond motifs is 5. The van der Waals surface area contributed by atoms with Crippen LogP contribution in [0.5, 0.6) is 0 Å². The van der Waals surface area contributed by atoms with E-state index in [1.54, 1.807) is 23.6 Å². The summed E-state index contributed by atoms with van der Waals surface area (Å²) in [7, 11) is 0. The SMILES string of the molecule is CC1Cc2c(ccc3c2CCc2ccccc2-3)C(C)C1.CCO. The maximum absolute atomic E-state index is 7.57. The monoisotopic (exact) mass is 308 g/mol. The molecule has 2 unspecified atom stereocenters. The van der Waals surface area contributed by atoms with Gasteiger partial charge in [0.2, 0.25) is 0 Å². The van der Waals surface area contributed by atoms with Crippen LogP contribution in [0.1, 0.15) is 55.4 Å². The van der Waals surface area contributed by atoms with Crippen LogP contribution in [0.25, 0.3) is 11.1 Å². The minimum absolute atomic E-state index is 0.250. The molecule has 0 saturated heterocycles. The molecule has 0 bridgehead atoms. The molecule has 122 valence electrons. The standard InChI is InChI=1S/C20H22.C2H6O/c1-13-11-14(2)16-9-10-18-17-6-4-3-5-15(17)7-8-19(18)20(16)12-13;1-2-3/h3-6,9-10,13-14H,7-8,11-12H2,1-2H3;3H,2H2,1H3. The van der Waals surface area contributed by atoms with E-state index in [0.29, 0.717) is 0 Å².